The van der Waals surface area contributed by atoms with E-state index in [0.29, 0.717) is 11.5 Å². The Hall–Kier alpha value is -2.87. The van der Waals surface area contributed by atoms with Gasteiger partial charge in [-0.25, -0.2) is 4.79 Å². The lowest BCUT2D eigenvalue weighted by atomic mass is 10.1. The zero-order chi connectivity index (χ0) is 16.0. The highest BCUT2D eigenvalue weighted by molar-refractivity contribution is 5.82. The predicted octanol–water partition coefficient (Wildman–Crippen LogP) is 2.68. The number of fused-ring (bicyclic) bond motifs is 1. The van der Waals surface area contributed by atoms with Crippen LogP contribution in [0.1, 0.15) is 18.4 Å². The molecular weight excluding hydrogens is 288 g/mol. The fourth-order valence-electron chi connectivity index (χ4n) is 2.98. The van der Waals surface area contributed by atoms with Gasteiger partial charge in [-0.05, 0) is 42.5 Å². The SMILES string of the molecule is Cn1c(=O)n(CC2CC2)c2ccc(-c3cncc(C#N)c3)cc21. The lowest BCUT2D eigenvalue weighted by molar-refractivity contribution is 0.609. The van der Waals surface area contributed by atoms with Crippen molar-refractivity contribution in [1.82, 2.24) is 14.1 Å². The molecule has 2 aromatic heterocycles. The summed E-state index contributed by atoms with van der Waals surface area (Å²) in [7, 11) is 1.81. The zero-order valence-electron chi connectivity index (χ0n) is 12.9. The molecule has 3 aromatic rings. The molecule has 114 valence electrons. The zero-order valence-corrected chi connectivity index (χ0v) is 12.9. The molecule has 1 saturated carbocycles. The number of hydrogen-bond donors (Lipinski definition) is 0. The summed E-state index contributed by atoms with van der Waals surface area (Å²) in [5.41, 5.74) is 4.29. The summed E-state index contributed by atoms with van der Waals surface area (Å²) in [6.07, 6.45) is 5.71. The summed E-state index contributed by atoms with van der Waals surface area (Å²) in [6.45, 7) is 0.807. The minimum atomic E-state index is 0.0351. The van der Waals surface area contributed by atoms with Gasteiger partial charge in [-0.1, -0.05) is 6.07 Å². The second-order valence-corrected chi connectivity index (χ2v) is 6.17. The van der Waals surface area contributed by atoms with Crippen molar-refractivity contribution < 1.29 is 0 Å². The number of aryl methyl sites for hydroxylation is 1. The van der Waals surface area contributed by atoms with Gasteiger partial charge >= 0.3 is 5.69 Å². The summed E-state index contributed by atoms with van der Waals surface area (Å²) in [5.74, 6) is 0.648. The topological polar surface area (TPSA) is 63.6 Å². The van der Waals surface area contributed by atoms with Gasteiger partial charge in [0.05, 0.1) is 16.6 Å². The van der Waals surface area contributed by atoms with E-state index in [9.17, 15) is 4.79 Å². The van der Waals surface area contributed by atoms with Crippen LogP contribution in [0, 0.1) is 17.2 Å². The van der Waals surface area contributed by atoms with E-state index in [1.807, 2.05) is 35.9 Å². The molecule has 0 atom stereocenters. The van der Waals surface area contributed by atoms with E-state index >= 15 is 0 Å². The van der Waals surface area contributed by atoms with Gasteiger partial charge in [0.15, 0.2) is 0 Å². The average Bonchev–Trinajstić information content (AvgIpc) is 3.38. The molecule has 5 heteroatoms. The molecule has 0 amide bonds. The number of hydrogen-bond acceptors (Lipinski definition) is 3. The van der Waals surface area contributed by atoms with Crippen LogP contribution in [0.2, 0.25) is 0 Å². The Morgan fingerprint density at radius 2 is 2.04 bits per heavy atom. The van der Waals surface area contributed by atoms with E-state index in [1.165, 1.54) is 12.8 Å². The average molecular weight is 304 g/mol. The van der Waals surface area contributed by atoms with Crippen LogP contribution in [-0.4, -0.2) is 14.1 Å². The van der Waals surface area contributed by atoms with E-state index < -0.39 is 0 Å². The molecule has 0 bridgehead atoms. The maximum absolute atomic E-state index is 12.5. The van der Waals surface area contributed by atoms with Crippen LogP contribution in [0.5, 0.6) is 0 Å². The van der Waals surface area contributed by atoms with E-state index in [1.54, 1.807) is 17.0 Å². The predicted molar refractivity (Wildman–Crippen MR) is 87.8 cm³/mol. The van der Waals surface area contributed by atoms with E-state index in [4.69, 9.17) is 5.26 Å². The first-order chi connectivity index (χ1) is 11.2. The van der Waals surface area contributed by atoms with Crippen LogP contribution in [0.15, 0.2) is 41.5 Å². The molecule has 0 radical (unpaired) electrons. The van der Waals surface area contributed by atoms with Crippen molar-refractivity contribution >= 4 is 11.0 Å². The molecule has 4 rings (SSSR count). The summed E-state index contributed by atoms with van der Waals surface area (Å²) < 4.78 is 3.57. The van der Waals surface area contributed by atoms with Gasteiger partial charge in [0.25, 0.3) is 0 Å². The first-order valence-corrected chi connectivity index (χ1v) is 7.72. The van der Waals surface area contributed by atoms with Crippen LogP contribution in [0.3, 0.4) is 0 Å². The van der Waals surface area contributed by atoms with Crippen molar-refractivity contribution in [3.8, 4) is 17.2 Å². The lowest BCUT2D eigenvalue weighted by Crippen LogP contribution is -2.22. The number of pyridine rings is 1. The van der Waals surface area contributed by atoms with Gasteiger partial charge in [-0.3, -0.25) is 14.1 Å². The Kier molecular flexibility index (Phi) is 3.05. The molecule has 0 N–H and O–H groups in total. The molecule has 23 heavy (non-hydrogen) atoms. The quantitative estimate of drug-likeness (QED) is 0.747. The first-order valence-electron chi connectivity index (χ1n) is 7.72. The Bertz CT molecular complexity index is 1000. The number of imidazole rings is 1. The van der Waals surface area contributed by atoms with Crippen LogP contribution in [-0.2, 0) is 13.6 Å². The maximum Gasteiger partial charge on any atom is 0.328 e. The van der Waals surface area contributed by atoms with Crippen LogP contribution >= 0.6 is 0 Å². The Labute approximate surface area is 133 Å². The van der Waals surface area contributed by atoms with Crippen molar-refractivity contribution in [3.05, 3.63) is 52.7 Å². The molecule has 5 nitrogen and oxygen atoms in total. The maximum atomic E-state index is 12.5. The third-order valence-corrected chi connectivity index (χ3v) is 4.48. The number of nitrogens with zero attached hydrogens (tertiary/aromatic N) is 4. The van der Waals surface area contributed by atoms with Crippen LogP contribution < -0.4 is 5.69 Å². The highest BCUT2D eigenvalue weighted by Crippen LogP contribution is 2.32. The lowest BCUT2D eigenvalue weighted by Gasteiger charge is -2.04. The van der Waals surface area contributed by atoms with Gasteiger partial charge in [0, 0.05) is 31.5 Å². The highest BCUT2D eigenvalue weighted by Gasteiger charge is 2.24. The molecule has 1 aliphatic rings. The molecule has 0 saturated heterocycles. The molecular formula is C18H16N4O. The third-order valence-electron chi connectivity index (χ3n) is 4.48. The van der Waals surface area contributed by atoms with E-state index in [2.05, 4.69) is 11.1 Å². The minimum absolute atomic E-state index is 0.0351. The summed E-state index contributed by atoms with van der Waals surface area (Å²) in [4.78, 5) is 16.6. The normalized spacial score (nSPS) is 14.1. The van der Waals surface area contributed by atoms with Crippen molar-refractivity contribution in [1.29, 1.82) is 5.26 Å². The fraction of sp³-hybridized carbons (Fsp3) is 0.278. The first kappa shape index (κ1) is 13.8. The number of rotatable bonds is 3. The van der Waals surface area contributed by atoms with Crippen LogP contribution in [0.25, 0.3) is 22.2 Å². The number of nitriles is 1. The second kappa shape index (κ2) is 5.10. The molecule has 1 aliphatic carbocycles. The van der Waals surface area contributed by atoms with Gasteiger partial charge in [0.1, 0.15) is 6.07 Å². The van der Waals surface area contributed by atoms with Crippen molar-refractivity contribution in [2.45, 2.75) is 19.4 Å². The van der Waals surface area contributed by atoms with Gasteiger partial charge in [0.2, 0.25) is 0 Å². The molecule has 0 unspecified atom stereocenters. The van der Waals surface area contributed by atoms with Crippen molar-refractivity contribution in [2.24, 2.45) is 13.0 Å². The molecule has 1 aromatic carbocycles. The van der Waals surface area contributed by atoms with Gasteiger partial charge in [-0.2, -0.15) is 5.26 Å². The van der Waals surface area contributed by atoms with Gasteiger partial charge in [-0.15, -0.1) is 0 Å². The standard InChI is InChI=1S/C18H16N4O/c1-21-17-7-14(15-6-13(8-19)9-20-10-15)4-5-16(17)22(18(21)23)11-12-2-3-12/h4-7,9-10,12H,2-3,11H2,1H3. The Balaban J connectivity index is 1.86. The molecule has 0 spiro atoms. The largest absolute Gasteiger partial charge is 0.328 e. The molecule has 2 heterocycles. The molecule has 1 fully saturated rings. The summed E-state index contributed by atoms with van der Waals surface area (Å²) in [5, 5.41) is 9.02. The fourth-order valence-corrected chi connectivity index (χ4v) is 2.98. The van der Waals surface area contributed by atoms with Crippen molar-refractivity contribution in [2.75, 3.05) is 0 Å². The number of benzene rings is 1. The minimum Gasteiger partial charge on any atom is -0.295 e. The monoisotopic (exact) mass is 304 g/mol. The third kappa shape index (κ3) is 2.33. The van der Waals surface area contributed by atoms with Gasteiger partial charge < -0.3 is 0 Å². The van der Waals surface area contributed by atoms with E-state index in [-0.39, 0.29) is 5.69 Å². The van der Waals surface area contributed by atoms with E-state index in [0.717, 1.165) is 28.7 Å². The van der Waals surface area contributed by atoms with Crippen LogP contribution in [0.4, 0.5) is 0 Å². The smallest absolute Gasteiger partial charge is 0.295 e. The number of aromatic nitrogens is 3. The second-order valence-electron chi connectivity index (χ2n) is 6.17. The Morgan fingerprint density at radius 1 is 1.22 bits per heavy atom. The molecule has 0 aliphatic heterocycles. The Morgan fingerprint density at radius 3 is 2.78 bits per heavy atom. The highest BCUT2D eigenvalue weighted by atomic mass is 16.1. The van der Waals surface area contributed by atoms with Crippen molar-refractivity contribution in [3.63, 3.8) is 0 Å². The summed E-state index contributed by atoms with van der Waals surface area (Å²) in [6, 6.07) is 9.90. The summed E-state index contributed by atoms with van der Waals surface area (Å²) >= 11 is 0.